The van der Waals surface area contributed by atoms with Crippen LogP contribution in [0.25, 0.3) is 11.1 Å². The van der Waals surface area contributed by atoms with Crippen LogP contribution in [0.4, 0.5) is 11.5 Å². The van der Waals surface area contributed by atoms with Crippen molar-refractivity contribution in [3.05, 3.63) is 60.1 Å². The second-order valence-corrected chi connectivity index (χ2v) is 7.03. The van der Waals surface area contributed by atoms with Crippen LogP contribution in [0.2, 0.25) is 0 Å². The maximum atomic E-state index is 13.1. The molecule has 130 valence electrons. The number of nitrogens with zero attached hydrogens (tertiary/aromatic N) is 5. The first-order valence-electron chi connectivity index (χ1n) is 8.44. The maximum Gasteiger partial charge on any atom is 0.242 e. The highest BCUT2D eigenvalue weighted by Crippen LogP contribution is 2.46. The number of fused-ring (bicyclic) bond motifs is 1. The third-order valence-electron chi connectivity index (χ3n) is 4.78. The van der Waals surface area contributed by atoms with Crippen molar-refractivity contribution in [1.82, 2.24) is 19.9 Å². The lowest BCUT2D eigenvalue weighted by Gasteiger charge is -2.19. The van der Waals surface area contributed by atoms with Gasteiger partial charge in [0.15, 0.2) is 0 Å². The van der Waals surface area contributed by atoms with Crippen LogP contribution in [0.5, 0.6) is 0 Å². The summed E-state index contributed by atoms with van der Waals surface area (Å²) in [6.07, 6.45) is 5.08. The molecular formula is C20H19N5O. The second-order valence-electron chi connectivity index (χ2n) is 7.03. The van der Waals surface area contributed by atoms with Gasteiger partial charge in [-0.1, -0.05) is 12.1 Å². The molecule has 0 aliphatic carbocycles. The average Bonchev–Trinajstić information content (AvgIpc) is 2.81. The molecule has 0 bridgehead atoms. The van der Waals surface area contributed by atoms with Gasteiger partial charge >= 0.3 is 0 Å². The lowest BCUT2D eigenvalue weighted by Crippen LogP contribution is -2.33. The Balaban J connectivity index is 1.89. The van der Waals surface area contributed by atoms with Crippen molar-refractivity contribution in [2.75, 3.05) is 4.90 Å². The number of aryl methyl sites for hydroxylation is 2. The summed E-state index contributed by atoms with van der Waals surface area (Å²) in [5.41, 5.74) is 3.90. The van der Waals surface area contributed by atoms with Crippen LogP contribution in [0.3, 0.4) is 0 Å². The van der Waals surface area contributed by atoms with Gasteiger partial charge in [0.05, 0.1) is 11.1 Å². The Morgan fingerprint density at radius 3 is 2.35 bits per heavy atom. The van der Waals surface area contributed by atoms with Crippen molar-refractivity contribution in [2.24, 2.45) is 0 Å². The first-order chi connectivity index (χ1) is 12.4. The van der Waals surface area contributed by atoms with Gasteiger partial charge in [-0.15, -0.1) is 0 Å². The summed E-state index contributed by atoms with van der Waals surface area (Å²) in [6.45, 7) is 7.62. The molecule has 3 aromatic rings. The topological polar surface area (TPSA) is 71.9 Å². The Hall–Kier alpha value is -3.15. The Labute approximate surface area is 152 Å². The molecule has 0 unspecified atom stereocenters. The van der Waals surface area contributed by atoms with Crippen molar-refractivity contribution in [2.45, 2.75) is 33.1 Å². The third-order valence-corrected chi connectivity index (χ3v) is 4.78. The zero-order valence-corrected chi connectivity index (χ0v) is 15.2. The molecule has 6 nitrogen and oxygen atoms in total. The van der Waals surface area contributed by atoms with Crippen LogP contribution in [-0.2, 0) is 10.2 Å². The molecule has 0 saturated carbocycles. The number of carbonyl (C=O) groups is 1. The minimum Gasteiger partial charge on any atom is -0.273 e. The summed E-state index contributed by atoms with van der Waals surface area (Å²) >= 11 is 0. The standard InChI is InChI=1S/C20H19N5O/c1-12-7-18(24-11-23-12)25-17-8-14(15-9-21-13(2)22-10-15)5-6-16(17)20(3,4)19(25)26/h5-11H,1-4H3. The van der Waals surface area contributed by atoms with Gasteiger partial charge in [-0.25, -0.2) is 19.9 Å². The Kier molecular flexibility index (Phi) is 3.57. The summed E-state index contributed by atoms with van der Waals surface area (Å²) in [5, 5.41) is 0. The normalized spacial score (nSPS) is 15.2. The summed E-state index contributed by atoms with van der Waals surface area (Å²) in [7, 11) is 0. The minimum atomic E-state index is -0.615. The molecule has 0 saturated heterocycles. The highest BCUT2D eigenvalue weighted by Gasteiger charge is 2.45. The second kappa shape index (κ2) is 5.69. The van der Waals surface area contributed by atoms with Crippen LogP contribution >= 0.6 is 0 Å². The van der Waals surface area contributed by atoms with Crippen LogP contribution in [0.1, 0.15) is 30.9 Å². The highest BCUT2D eigenvalue weighted by molar-refractivity contribution is 6.12. The fraction of sp³-hybridized carbons (Fsp3) is 0.250. The molecule has 6 heteroatoms. The fourth-order valence-electron chi connectivity index (χ4n) is 3.26. The molecule has 0 radical (unpaired) electrons. The molecular weight excluding hydrogens is 326 g/mol. The summed E-state index contributed by atoms with van der Waals surface area (Å²) in [6, 6.07) is 7.85. The Morgan fingerprint density at radius 1 is 0.923 bits per heavy atom. The number of rotatable bonds is 2. The number of amides is 1. The van der Waals surface area contributed by atoms with Crippen LogP contribution in [-0.4, -0.2) is 25.8 Å². The van der Waals surface area contributed by atoms with Gasteiger partial charge in [-0.3, -0.25) is 9.69 Å². The van der Waals surface area contributed by atoms with E-state index in [0.29, 0.717) is 5.82 Å². The SMILES string of the molecule is Cc1cc(N2C(=O)C(C)(C)c3ccc(-c4cnc(C)nc4)cc32)ncn1. The molecule has 1 amide bonds. The van der Waals surface area contributed by atoms with Crippen molar-refractivity contribution >= 4 is 17.4 Å². The molecule has 1 aliphatic rings. The predicted molar refractivity (Wildman–Crippen MR) is 99.1 cm³/mol. The van der Waals surface area contributed by atoms with Crippen molar-refractivity contribution in [3.8, 4) is 11.1 Å². The monoisotopic (exact) mass is 345 g/mol. The first kappa shape index (κ1) is 16.3. The van der Waals surface area contributed by atoms with E-state index in [1.165, 1.54) is 6.33 Å². The zero-order valence-electron chi connectivity index (χ0n) is 15.2. The van der Waals surface area contributed by atoms with Crippen molar-refractivity contribution < 1.29 is 4.79 Å². The van der Waals surface area contributed by atoms with E-state index in [9.17, 15) is 4.79 Å². The van der Waals surface area contributed by atoms with Gasteiger partial charge in [0.1, 0.15) is 18.0 Å². The average molecular weight is 345 g/mol. The number of aromatic nitrogens is 4. The molecule has 0 atom stereocenters. The highest BCUT2D eigenvalue weighted by atomic mass is 16.2. The van der Waals surface area contributed by atoms with E-state index in [2.05, 4.69) is 19.9 Å². The molecule has 4 rings (SSSR count). The molecule has 26 heavy (non-hydrogen) atoms. The minimum absolute atomic E-state index is 0.00269. The van der Waals surface area contributed by atoms with Crippen LogP contribution in [0, 0.1) is 13.8 Å². The predicted octanol–water partition coefficient (Wildman–Crippen LogP) is 3.51. The van der Waals surface area contributed by atoms with Gasteiger partial charge in [0.25, 0.3) is 0 Å². The molecule has 1 aromatic carbocycles. The molecule has 1 aliphatic heterocycles. The summed E-state index contributed by atoms with van der Waals surface area (Å²) in [5.74, 6) is 1.32. The van der Waals surface area contributed by atoms with Gasteiger partial charge in [0, 0.05) is 29.7 Å². The number of hydrogen-bond acceptors (Lipinski definition) is 5. The number of carbonyl (C=O) groups excluding carboxylic acids is 1. The van der Waals surface area contributed by atoms with Gasteiger partial charge in [-0.05, 0) is 44.9 Å². The van der Waals surface area contributed by atoms with Crippen molar-refractivity contribution in [1.29, 1.82) is 0 Å². The smallest absolute Gasteiger partial charge is 0.242 e. The van der Waals surface area contributed by atoms with Crippen LogP contribution in [0.15, 0.2) is 43.0 Å². The maximum absolute atomic E-state index is 13.1. The van der Waals surface area contributed by atoms with E-state index in [1.54, 1.807) is 17.3 Å². The molecule has 0 N–H and O–H groups in total. The number of anilines is 2. The quantitative estimate of drug-likeness (QED) is 0.711. The van der Waals surface area contributed by atoms with Crippen molar-refractivity contribution in [3.63, 3.8) is 0 Å². The number of benzene rings is 1. The summed E-state index contributed by atoms with van der Waals surface area (Å²) < 4.78 is 0. The summed E-state index contributed by atoms with van der Waals surface area (Å²) in [4.78, 5) is 31.8. The fourth-order valence-corrected chi connectivity index (χ4v) is 3.26. The number of hydrogen-bond donors (Lipinski definition) is 0. The Morgan fingerprint density at radius 2 is 1.65 bits per heavy atom. The lowest BCUT2D eigenvalue weighted by molar-refractivity contribution is -0.121. The first-order valence-corrected chi connectivity index (χ1v) is 8.44. The molecule has 0 spiro atoms. The van der Waals surface area contributed by atoms with E-state index in [-0.39, 0.29) is 5.91 Å². The largest absolute Gasteiger partial charge is 0.273 e. The molecule has 2 aromatic heterocycles. The van der Waals surface area contributed by atoms with E-state index >= 15 is 0 Å². The third kappa shape index (κ3) is 2.45. The Bertz CT molecular complexity index is 1010. The molecule has 3 heterocycles. The molecule has 0 fully saturated rings. The van der Waals surface area contributed by atoms with E-state index in [4.69, 9.17) is 0 Å². The van der Waals surface area contributed by atoms with Crippen LogP contribution < -0.4 is 4.90 Å². The lowest BCUT2D eigenvalue weighted by atomic mass is 9.85. The zero-order chi connectivity index (χ0) is 18.5. The van der Waals surface area contributed by atoms with E-state index in [0.717, 1.165) is 33.9 Å². The van der Waals surface area contributed by atoms with E-state index in [1.807, 2.05) is 52.0 Å². The van der Waals surface area contributed by atoms with Gasteiger partial charge in [0.2, 0.25) is 5.91 Å². The van der Waals surface area contributed by atoms with E-state index < -0.39 is 5.41 Å². The van der Waals surface area contributed by atoms with Gasteiger partial charge < -0.3 is 0 Å². The van der Waals surface area contributed by atoms with Gasteiger partial charge in [-0.2, -0.15) is 0 Å².